The van der Waals surface area contributed by atoms with Crippen LogP contribution in [0.3, 0.4) is 0 Å². The van der Waals surface area contributed by atoms with Gasteiger partial charge in [0, 0.05) is 11.5 Å². The quantitative estimate of drug-likeness (QED) is 0.522. The highest BCUT2D eigenvalue weighted by Crippen LogP contribution is 2.58. The van der Waals surface area contributed by atoms with Gasteiger partial charge in [-0.05, 0) is 35.6 Å². The highest BCUT2D eigenvalue weighted by Gasteiger charge is 2.49. The molecule has 6 heteroatoms. The van der Waals surface area contributed by atoms with Crippen molar-refractivity contribution in [3.63, 3.8) is 0 Å². The standard InChI is InChI=1S/C19H20N2O4/c1-3-11-19(12-4-2)15-8-6-5-7-13(15)14-9-10-16(20(22)23)18(17(14)19)21(24)25/h5-10H,3-4,11-12H2,1-2H3. The Hall–Kier alpha value is -2.76. The maximum Gasteiger partial charge on any atom is 0.350 e. The van der Waals surface area contributed by atoms with Crippen molar-refractivity contribution < 1.29 is 9.85 Å². The number of hydrogen-bond acceptors (Lipinski definition) is 4. The molecule has 2 aromatic carbocycles. The minimum Gasteiger partial charge on any atom is -0.258 e. The lowest BCUT2D eigenvalue weighted by Gasteiger charge is -2.31. The van der Waals surface area contributed by atoms with E-state index in [-0.39, 0.29) is 5.69 Å². The Bertz CT molecular complexity index is 854. The predicted molar refractivity (Wildman–Crippen MR) is 95.8 cm³/mol. The Morgan fingerprint density at radius 2 is 1.52 bits per heavy atom. The van der Waals surface area contributed by atoms with Crippen LogP contribution in [0.5, 0.6) is 0 Å². The maximum atomic E-state index is 11.8. The molecule has 0 aromatic heterocycles. The van der Waals surface area contributed by atoms with Crippen LogP contribution < -0.4 is 0 Å². The molecule has 3 rings (SSSR count). The molecule has 0 fully saturated rings. The van der Waals surface area contributed by atoms with Crippen molar-refractivity contribution in [2.45, 2.75) is 44.9 Å². The van der Waals surface area contributed by atoms with Gasteiger partial charge >= 0.3 is 11.4 Å². The summed E-state index contributed by atoms with van der Waals surface area (Å²) in [6, 6.07) is 10.7. The molecule has 0 N–H and O–H groups in total. The summed E-state index contributed by atoms with van der Waals surface area (Å²) >= 11 is 0. The summed E-state index contributed by atoms with van der Waals surface area (Å²) in [5.41, 5.74) is 1.99. The summed E-state index contributed by atoms with van der Waals surface area (Å²) in [6.45, 7) is 4.09. The zero-order valence-electron chi connectivity index (χ0n) is 14.3. The van der Waals surface area contributed by atoms with Gasteiger partial charge in [-0.2, -0.15) is 0 Å². The third-order valence-corrected chi connectivity index (χ3v) is 5.10. The van der Waals surface area contributed by atoms with Gasteiger partial charge in [0.05, 0.1) is 15.4 Å². The molecule has 1 aliphatic rings. The van der Waals surface area contributed by atoms with Crippen molar-refractivity contribution in [2.24, 2.45) is 0 Å². The number of fused-ring (bicyclic) bond motifs is 3. The Morgan fingerprint density at radius 1 is 0.880 bits per heavy atom. The van der Waals surface area contributed by atoms with E-state index in [1.54, 1.807) is 6.07 Å². The van der Waals surface area contributed by atoms with Gasteiger partial charge < -0.3 is 0 Å². The number of nitro benzene ring substituents is 2. The van der Waals surface area contributed by atoms with Crippen LogP contribution in [-0.2, 0) is 5.41 Å². The molecule has 0 saturated heterocycles. The van der Waals surface area contributed by atoms with E-state index in [9.17, 15) is 20.2 Å². The molecule has 6 nitrogen and oxygen atoms in total. The average Bonchev–Trinajstić information content (AvgIpc) is 2.85. The summed E-state index contributed by atoms with van der Waals surface area (Å²) in [6.07, 6.45) is 3.14. The van der Waals surface area contributed by atoms with Crippen LogP contribution >= 0.6 is 0 Å². The third-order valence-electron chi connectivity index (χ3n) is 5.10. The highest BCUT2D eigenvalue weighted by molar-refractivity contribution is 5.87. The first-order valence-electron chi connectivity index (χ1n) is 8.54. The molecular formula is C19H20N2O4. The summed E-state index contributed by atoms with van der Waals surface area (Å²) < 4.78 is 0. The monoisotopic (exact) mass is 340 g/mol. The fraction of sp³-hybridized carbons (Fsp3) is 0.368. The minimum atomic E-state index is -0.649. The van der Waals surface area contributed by atoms with Crippen LogP contribution in [0.25, 0.3) is 11.1 Å². The lowest BCUT2D eigenvalue weighted by molar-refractivity contribution is -0.423. The molecule has 0 radical (unpaired) electrons. The number of nitrogens with zero attached hydrogens (tertiary/aromatic N) is 2. The van der Waals surface area contributed by atoms with E-state index in [2.05, 4.69) is 0 Å². The van der Waals surface area contributed by atoms with Crippen LogP contribution in [0.1, 0.15) is 50.7 Å². The maximum absolute atomic E-state index is 11.8. The summed E-state index contributed by atoms with van der Waals surface area (Å²) in [5.74, 6) is 0. The molecule has 0 unspecified atom stereocenters. The molecule has 25 heavy (non-hydrogen) atoms. The molecular weight excluding hydrogens is 320 g/mol. The Kier molecular flexibility index (Phi) is 4.29. The van der Waals surface area contributed by atoms with Crippen molar-refractivity contribution in [2.75, 3.05) is 0 Å². The van der Waals surface area contributed by atoms with Gasteiger partial charge in [-0.15, -0.1) is 0 Å². The van der Waals surface area contributed by atoms with Crippen LogP contribution in [-0.4, -0.2) is 9.85 Å². The highest BCUT2D eigenvalue weighted by atomic mass is 16.6. The minimum absolute atomic E-state index is 0.347. The normalized spacial score (nSPS) is 14.0. The van der Waals surface area contributed by atoms with Gasteiger partial charge in [0.25, 0.3) is 0 Å². The second-order valence-electron chi connectivity index (χ2n) is 6.50. The second-order valence-corrected chi connectivity index (χ2v) is 6.50. The largest absolute Gasteiger partial charge is 0.350 e. The molecule has 0 amide bonds. The summed E-state index contributed by atoms with van der Waals surface area (Å²) in [5, 5.41) is 23.3. The van der Waals surface area contributed by atoms with Crippen LogP contribution in [0.15, 0.2) is 36.4 Å². The first-order chi connectivity index (χ1) is 12.0. The molecule has 130 valence electrons. The van der Waals surface area contributed by atoms with E-state index < -0.39 is 20.9 Å². The average molecular weight is 340 g/mol. The number of hydrogen-bond donors (Lipinski definition) is 0. The topological polar surface area (TPSA) is 86.3 Å². The summed E-state index contributed by atoms with van der Waals surface area (Å²) in [4.78, 5) is 22.0. The zero-order valence-corrected chi connectivity index (χ0v) is 14.3. The smallest absolute Gasteiger partial charge is 0.258 e. The predicted octanol–water partition coefficient (Wildman–Crippen LogP) is 5.37. The fourth-order valence-corrected chi connectivity index (χ4v) is 4.39. The number of benzene rings is 2. The zero-order chi connectivity index (χ0) is 18.2. The number of nitro groups is 2. The Labute approximate surface area is 145 Å². The lowest BCUT2D eigenvalue weighted by atomic mass is 9.71. The molecule has 2 aromatic rings. The number of rotatable bonds is 6. The SMILES string of the molecule is CCCC1(CCC)c2ccccc2-c2ccc([N+](=O)[O-])c([N+](=O)[O-])c21. The van der Waals surface area contributed by atoms with Crippen LogP contribution in [0, 0.1) is 20.2 Å². The van der Waals surface area contributed by atoms with E-state index in [1.165, 1.54) is 6.07 Å². The first kappa shape index (κ1) is 17.1. The molecule has 0 spiro atoms. The third kappa shape index (κ3) is 2.40. The fourth-order valence-electron chi connectivity index (χ4n) is 4.39. The first-order valence-corrected chi connectivity index (χ1v) is 8.54. The molecule has 0 bridgehead atoms. The van der Waals surface area contributed by atoms with Crippen LogP contribution in [0.4, 0.5) is 11.4 Å². The van der Waals surface area contributed by atoms with Crippen LogP contribution in [0.2, 0.25) is 0 Å². The van der Waals surface area contributed by atoms with Crippen molar-refractivity contribution >= 4 is 11.4 Å². The molecule has 0 atom stereocenters. The van der Waals surface area contributed by atoms with Gasteiger partial charge in [-0.1, -0.05) is 51.0 Å². The lowest BCUT2D eigenvalue weighted by Crippen LogP contribution is -2.26. The Balaban J connectivity index is 2.46. The van der Waals surface area contributed by atoms with Gasteiger partial charge in [-0.3, -0.25) is 20.2 Å². The van der Waals surface area contributed by atoms with Crippen molar-refractivity contribution in [3.05, 3.63) is 67.8 Å². The van der Waals surface area contributed by atoms with Gasteiger partial charge in [-0.25, -0.2) is 0 Å². The van der Waals surface area contributed by atoms with Crippen molar-refractivity contribution in [3.8, 4) is 11.1 Å². The van der Waals surface area contributed by atoms with E-state index in [0.717, 1.165) is 42.4 Å². The molecule has 0 saturated carbocycles. The molecule has 1 aliphatic carbocycles. The van der Waals surface area contributed by atoms with E-state index in [4.69, 9.17) is 0 Å². The van der Waals surface area contributed by atoms with Crippen molar-refractivity contribution in [1.29, 1.82) is 0 Å². The second kappa shape index (κ2) is 6.27. The summed E-state index contributed by atoms with van der Waals surface area (Å²) in [7, 11) is 0. The van der Waals surface area contributed by atoms with E-state index >= 15 is 0 Å². The Morgan fingerprint density at radius 3 is 2.08 bits per heavy atom. The van der Waals surface area contributed by atoms with Gasteiger partial charge in [0.2, 0.25) is 0 Å². The van der Waals surface area contributed by atoms with Crippen molar-refractivity contribution in [1.82, 2.24) is 0 Å². The van der Waals surface area contributed by atoms with E-state index in [1.807, 2.05) is 38.1 Å². The molecule has 0 heterocycles. The molecule has 0 aliphatic heterocycles. The van der Waals surface area contributed by atoms with Gasteiger partial charge in [0.15, 0.2) is 0 Å². The van der Waals surface area contributed by atoms with E-state index in [0.29, 0.717) is 5.56 Å². The van der Waals surface area contributed by atoms with Gasteiger partial charge in [0.1, 0.15) is 0 Å².